The molecule has 1 aromatic rings. The van der Waals surface area contributed by atoms with Crippen molar-refractivity contribution in [1.82, 2.24) is 5.32 Å². The normalized spacial score (nSPS) is 13.8. The van der Waals surface area contributed by atoms with Crippen LogP contribution in [0.25, 0.3) is 0 Å². The molecule has 19 heavy (non-hydrogen) atoms. The van der Waals surface area contributed by atoms with Crippen LogP contribution in [0.2, 0.25) is 5.02 Å². The molecule has 0 radical (unpaired) electrons. The average Bonchev–Trinajstić information content (AvgIpc) is 3.20. The number of hydrogen-bond acceptors (Lipinski definition) is 4. The van der Waals surface area contributed by atoms with Gasteiger partial charge in [0.05, 0.1) is 31.5 Å². The Morgan fingerprint density at radius 1 is 1.32 bits per heavy atom. The molecule has 0 unspecified atom stereocenters. The van der Waals surface area contributed by atoms with E-state index in [1.54, 1.807) is 19.2 Å². The first-order valence-electron chi connectivity index (χ1n) is 6.08. The van der Waals surface area contributed by atoms with Crippen molar-refractivity contribution in [2.45, 2.75) is 18.9 Å². The lowest BCUT2D eigenvalue weighted by Crippen LogP contribution is -2.31. The molecule has 1 saturated carbocycles. The van der Waals surface area contributed by atoms with Crippen LogP contribution in [0.3, 0.4) is 0 Å². The molecular weight excluding hydrogens is 268 g/mol. The number of hydrogen-bond donors (Lipinski definition) is 2. The van der Waals surface area contributed by atoms with Gasteiger partial charge in [-0.1, -0.05) is 11.6 Å². The summed E-state index contributed by atoms with van der Waals surface area (Å²) in [7, 11) is 3.09. The van der Waals surface area contributed by atoms with Gasteiger partial charge in [0.25, 0.3) is 0 Å². The summed E-state index contributed by atoms with van der Waals surface area (Å²) in [4.78, 5) is 11.6. The third kappa shape index (κ3) is 3.67. The van der Waals surface area contributed by atoms with Crippen LogP contribution < -0.4 is 20.1 Å². The first-order valence-corrected chi connectivity index (χ1v) is 6.46. The highest BCUT2D eigenvalue weighted by molar-refractivity contribution is 6.32. The predicted molar refractivity (Wildman–Crippen MR) is 74.2 cm³/mol. The van der Waals surface area contributed by atoms with Crippen LogP contribution in [0, 0.1) is 0 Å². The molecule has 0 bridgehead atoms. The van der Waals surface area contributed by atoms with E-state index in [4.69, 9.17) is 21.1 Å². The zero-order chi connectivity index (χ0) is 13.8. The second-order valence-corrected chi connectivity index (χ2v) is 4.79. The summed E-state index contributed by atoms with van der Waals surface area (Å²) in [6, 6.07) is 3.73. The number of rotatable bonds is 6. The Morgan fingerprint density at radius 2 is 2.00 bits per heavy atom. The van der Waals surface area contributed by atoms with E-state index >= 15 is 0 Å². The van der Waals surface area contributed by atoms with Crippen LogP contribution in [0.5, 0.6) is 11.5 Å². The number of carbonyl (C=O) groups excluding carboxylic acids is 1. The van der Waals surface area contributed by atoms with E-state index in [9.17, 15) is 4.79 Å². The Bertz CT molecular complexity index is 475. The standard InChI is InChI=1S/C13H17ClN2O3/c1-18-11-6-10(12(19-2)5-9(11)14)15-7-13(17)16-8-3-4-8/h5-6,8,15H,3-4,7H2,1-2H3,(H,16,17). The summed E-state index contributed by atoms with van der Waals surface area (Å²) in [6.45, 7) is 0.192. The second-order valence-electron chi connectivity index (χ2n) is 4.38. The molecule has 0 spiro atoms. The maximum Gasteiger partial charge on any atom is 0.239 e. The van der Waals surface area contributed by atoms with Crippen molar-refractivity contribution in [2.75, 3.05) is 26.1 Å². The molecule has 2 rings (SSSR count). The zero-order valence-corrected chi connectivity index (χ0v) is 11.7. The Kier molecular flexibility index (Phi) is 4.37. The van der Waals surface area contributed by atoms with E-state index in [1.807, 2.05) is 0 Å². The van der Waals surface area contributed by atoms with Gasteiger partial charge in [-0.15, -0.1) is 0 Å². The highest BCUT2D eigenvalue weighted by Crippen LogP contribution is 2.35. The Morgan fingerprint density at radius 3 is 2.58 bits per heavy atom. The summed E-state index contributed by atoms with van der Waals surface area (Å²) >= 11 is 6.01. The van der Waals surface area contributed by atoms with E-state index in [0.29, 0.717) is 28.3 Å². The van der Waals surface area contributed by atoms with Gasteiger partial charge >= 0.3 is 0 Å². The van der Waals surface area contributed by atoms with E-state index in [0.717, 1.165) is 12.8 Å². The highest BCUT2D eigenvalue weighted by Gasteiger charge is 2.23. The zero-order valence-electron chi connectivity index (χ0n) is 11.0. The van der Waals surface area contributed by atoms with Gasteiger partial charge in [-0.25, -0.2) is 0 Å². The van der Waals surface area contributed by atoms with Gasteiger partial charge in [0.2, 0.25) is 5.91 Å². The fraction of sp³-hybridized carbons (Fsp3) is 0.462. The summed E-state index contributed by atoms with van der Waals surface area (Å²) in [5, 5.41) is 6.39. The Hall–Kier alpha value is -1.62. The summed E-state index contributed by atoms with van der Waals surface area (Å²) in [6.07, 6.45) is 2.15. The topological polar surface area (TPSA) is 59.6 Å². The molecule has 104 valence electrons. The quantitative estimate of drug-likeness (QED) is 0.839. The van der Waals surface area contributed by atoms with E-state index in [1.165, 1.54) is 7.11 Å². The average molecular weight is 285 g/mol. The van der Waals surface area contributed by atoms with E-state index in [2.05, 4.69) is 10.6 Å². The van der Waals surface area contributed by atoms with Crippen molar-refractivity contribution in [2.24, 2.45) is 0 Å². The first-order chi connectivity index (χ1) is 9.13. The Labute approximate surface area is 117 Å². The number of benzene rings is 1. The number of ether oxygens (including phenoxy) is 2. The largest absolute Gasteiger partial charge is 0.495 e. The second kappa shape index (κ2) is 6.02. The molecule has 1 aliphatic rings. The minimum atomic E-state index is -0.0292. The molecule has 0 saturated heterocycles. The number of anilines is 1. The summed E-state index contributed by atoms with van der Waals surface area (Å²) in [5.41, 5.74) is 0.676. The molecule has 2 N–H and O–H groups in total. The first kappa shape index (κ1) is 13.8. The van der Waals surface area contributed by atoms with Gasteiger partial charge in [-0.3, -0.25) is 4.79 Å². The van der Waals surface area contributed by atoms with Crippen molar-refractivity contribution in [3.8, 4) is 11.5 Å². The SMILES string of the molecule is COc1cc(NCC(=O)NC2CC2)c(OC)cc1Cl. The Balaban J connectivity index is 2.02. The number of halogens is 1. The van der Waals surface area contributed by atoms with Gasteiger partial charge in [0, 0.05) is 18.2 Å². The van der Waals surface area contributed by atoms with Gasteiger partial charge in [0.15, 0.2) is 0 Å². The van der Waals surface area contributed by atoms with Crippen LogP contribution in [0.4, 0.5) is 5.69 Å². The highest BCUT2D eigenvalue weighted by atomic mass is 35.5. The van der Waals surface area contributed by atoms with Gasteiger partial charge in [-0.2, -0.15) is 0 Å². The van der Waals surface area contributed by atoms with Crippen molar-refractivity contribution in [3.63, 3.8) is 0 Å². The maximum atomic E-state index is 11.6. The molecule has 5 nitrogen and oxygen atoms in total. The fourth-order valence-corrected chi connectivity index (χ4v) is 1.91. The molecule has 1 aliphatic carbocycles. The van der Waals surface area contributed by atoms with E-state index < -0.39 is 0 Å². The van der Waals surface area contributed by atoms with Crippen molar-refractivity contribution in [1.29, 1.82) is 0 Å². The summed E-state index contributed by atoms with van der Waals surface area (Å²) < 4.78 is 10.4. The minimum Gasteiger partial charge on any atom is -0.495 e. The monoisotopic (exact) mass is 284 g/mol. The smallest absolute Gasteiger partial charge is 0.239 e. The van der Waals surface area contributed by atoms with Crippen LogP contribution in [0.1, 0.15) is 12.8 Å². The van der Waals surface area contributed by atoms with Crippen molar-refractivity contribution >= 4 is 23.2 Å². The number of carbonyl (C=O) groups is 1. The van der Waals surface area contributed by atoms with Crippen LogP contribution in [-0.4, -0.2) is 32.7 Å². The number of methoxy groups -OCH3 is 2. The lowest BCUT2D eigenvalue weighted by molar-refractivity contribution is -0.119. The third-order valence-corrected chi connectivity index (χ3v) is 3.15. The summed E-state index contributed by atoms with van der Waals surface area (Å²) in [5.74, 6) is 1.08. The van der Waals surface area contributed by atoms with Gasteiger partial charge in [-0.05, 0) is 12.8 Å². The van der Waals surface area contributed by atoms with Crippen LogP contribution >= 0.6 is 11.6 Å². The van der Waals surface area contributed by atoms with E-state index in [-0.39, 0.29) is 12.5 Å². The number of nitrogens with one attached hydrogen (secondary N) is 2. The fourth-order valence-electron chi connectivity index (χ4n) is 1.68. The van der Waals surface area contributed by atoms with Crippen LogP contribution in [0.15, 0.2) is 12.1 Å². The molecule has 6 heteroatoms. The third-order valence-electron chi connectivity index (χ3n) is 2.86. The maximum absolute atomic E-state index is 11.6. The molecule has 1 aromatic carbocycles. The molecule has 0 aliphatic heterocycles. The van der Waals surface area contributed by atoms with Crippen molar-refractivity contribution < 1.29 is 14.3 Å². The molecule has 1 amide bonds. The molecule has 0 atom stereocenters. The number of amides is 1. The van der Waals surface area contributed by atoms with Gasteiger partial charge < -0.3 is 20.1 Å². The minimum absolute atomic E-state index is 0.0292. The van der Waals surface area contributed by atoms with Crippen molar-refractivity contribution in [3.05, 3.63) is 17.2 Å². The molecule has 0 heterocycles. The lowest BCUT2D eigenvalue weighted by atomic mass is 10.2. The molecule has 1 fully saturated rings. The lowest BCUT2D eigenvalue weighted by Gasteiger charge is -2.13. The molecule has 0 aromatic heterocycles. The van der Waals surface area contributed by atoms with Crippen LogP contribution in [-0.2, 0) is 4.79 Å². The molecular formula is C13H17ClN2O3. The predicted octanol–water partition coefficient (Wildman–Crippen LogP) is 2.05. The van der Waals surface area contributed by atoms with Gasteiger partial charge in [0.1, 0.15) is 11.5 Å².